The monoisotopic (exact) mass is 337 g/mol. The lowest BCUT2D eigenvalue weighted by molar-refractivity contribution is 0.590. The average Bonchev–Trinajstić information content (AvgIpc) is 2.56. The Morgan fingerprint density at radius 2 is 1.25 bits per heavy atom. The van der Waals surface area contributed by atoms with Gasteiger partial charge in [0.15, 0.2) is 0 Å². The molecule has 3 rings (SSSR count). The van der Waals surface area contributed by atoms with Crippen LogP contribution in [0.1, 0.15) is 5.56 Å². The molecule has 4 heteroatoms. The molecule has 0 saturated heterocycles. The van der Waals surface area contributed by atoms with Crippen LogP contribution in [0.3, 0.4) is 0 Å². The van der Waals surface area contributed by atoms with E-state index in [1.54, 1.807) is 12.1 Å². The fraction of sp³-hybridized carbons (Fsp3) is 0.0500. The normalized spacial score (nSPS) is 10.3. The summed E-state index contributed by atoms with van der Waals surface area (Å²) in [5.74, 6) is -1.36. The van der Waals surface area contributed by atoms with Crippen molar-refractivity contribution in [2.24, 2.45) is 4.99 Å². The maximum atomic E-state index is 14.2. The van der Waals surface area contributed by atoms with Crippen LogP contribution in [0.4, 0.5) is 14.5 Å². The molecule has 0 saturated carbocycles. The highest BCUT2D eigenvalue weighted by Gasteiger charge is 2.13. The highest BCUT2D eigenvalue weighted by Crippen LogP contribution is 2.31. The lowest BCUT2D eigenvalue weighted by atomic mass is 9.99. The minimum absolute atomic E-state index is 0.0752. The summed E-state index contributed by atoms with van der Waals surface area (Å²) in [5, 5.41) is 2.10. The first kappa shape index (κ1) is 16.2. The number of aliphatic imine (C=N–C) groups is 1. The van der Waals surface area contributed by atoms with E-state index in [-0.39, 0.29) is 11.3 Å². The molecule has 0 aliphatic carbocycles. The molecule has 0 atom stereocenters. The van der Waals surface area contributed by atoms with Gasteiger partial charge in [0.25, 0.3) is 0 Å². The summed E-state index contributed by atoms with van der Waals surface area (Å²) in [6.07, 6.45) is 0. The van der Waals surface area contributed by atoms with Crippen molar-refractivity contribution >= 4 is 23.1 Å². The van der Waals surface area contributed by atoms with Crippen LogP contribution in [0.25, 0.3) is 22.3 Å². The van der Waals surface area contributed by atoms with Crippen molar-refractivity contribution in [3.8, 4) is 22.3 Å². The Bertz CT molecular complexity index is 902. The van der Waals surface area contributed by atoms with Gasteiger partial charge in [-0.1, -0.05) is 54.1 Å². The molecule has 0 fully saturated rings. The Hall–Kier alpha value is -2.68. The van der Waals surface area contributed by atoms with E-state index in [0.29, 0.717) is 5.56 Å². The van der Waals surface area contributed by atoms with E-state index in [1.807, 2.05) is 43.3 Å². The Morgan fingerprint density at radius 3 is 1.75 bits per heavy atom. The molecule has 0 aliphatic heterocycles. The number of rotatable bonds is 3. The molecule has 3 aromatic rings. The summed E-state index contributed by atoms with van der Waals surface area (Å²) in [6.45, 7) is 2.02. The van der Waals surface area contributed by atoms with Crippen molar-refractivity contribution in [2.45, 2.75) is 6.92 Å². The maximum absolute atomic E-state index is 14.2. The zero-order valence-electron chi connectivity index (χ0n) is 12.9. The van der Waals surface area contributed by atoms with E-state index in [0.717, 1.165) is 23.3 Å². The van der Waals surface area contributed by atoms with E-state index in [4.69, 9.17) is 0 Å². The summed E-state index contributed by atoms with van der Waals surface area (Å²) in [6, 6.07) is 17.5. The van der Waals surface area contributed by atoms with Crippen molar-refractivity contribution in [1.82, 2.24) is 0 Å². The predicted octanol–water partition coefficient (Wildman–Crippen LogP) is 6.34. The van der Waals surface area contributed by atoms with Crippen LogP contribution in [-0.4, -0.2) is 5.16 Å². The number of hydrogen-bond acceptors (Lipinski definition) is 2. The fourth-order valence-corrected chi connectivity index (χ4v) is 2.63. The standard InChI is InChI=1S/C20H13F2NS/c1-13-2-4-14(5-3-13)15-6-8-16(9-7-15)20-18(21)10-17(23-12-24)11-19(20)22/h2-11H,1H3. The Morgan fingerprint density at radius 1 is 0.792 bits per heavy atom. The Kier molecular flexibility index (Phi) is 4.61. The lowest BCUT2D eigenvalue weighted by Crippen LogP contribution is -1.90. The van der Waals surface area contributed by atoms with Crippen LogP contribution < -0.4 is 0 Å². The van der Waals surface area contributed by atoms with E-state index in [9.17, 15) is 8.78 Å². The number of hydrogen-bond donors (Lipinski definition) is 0. The number of aryl methyl sites for hydroxylation is 1. The largest absolute Gasteiger partial charge is 0.206 e. The number of thiocarbonyl (C=S) groups is 1. The number of benzene rings is 3. The molecule has 118 valence electrons. The Balaban J connectivity index is 1.99. The fourth-order valence-electron chi connectivity index (χ4n) is 2.53. The number of isothiocyanates is 1. The quantitative estimate of drug-likeness (QED) is 0.401. The number of halogens is 2. The third-order valence-electron chi connectivity index (χ3n) is 3.76. The molecule has 0 aromatic heterocycles. The average molecular weight is 337 g/mol. The van der Waals surface area contributed by atoms with Crippen LogP contribution in [0, 0.1) is 18.6 Å². The van der Waals surface area contributed by atoms with Gasteiger partial charge in [-0.3, -0.25) is 0 Å². The van der Waals surface area contributed by atoms with Gasteiger partial charge < -0.3 is 0 Å². The van der Waals surface area contributed by atoms with Gasteiger partial charge in [0, 0.05) is 12.1 Å². The van der Waals surface area contributed by atoms with Gasteiger partial charge in [-0.2, -0.15) is 4.99 Å². The molecular weight excluding hydrogens is 324 g/mol. The predicted molar refractivity (Wildman–Crippen MR) is 96.7 cm³/mol. The first-order chi connectivity index (χ1) is 11.6. The summed E-state index contributed by atoms with van der Waals surface area (Å²) in [4.78, 5) is 3.61. The van der Waals surface area contributed by atoms with Gasteiger partial charge in [0.1, 0.15) is 11.6 Å². The van der Waals surface area contributed by atoms with Gasteiger partial charge in [0.2, 0.25) is 0 Å². The second-order valence-corrected chi connectivity index (χ2v) is 5.61. The summed E-state index contributed by atoms with van der Waals surface area (Å²) < 4.78 is 28.5. The van der Waals surface area contributed by atoms with Gasteiger partial charge >= 0.3 is 0 Å². The van der Waals surface area contributed by atoms with Crippen molar-refractivity contribution in [3.05, 3.63) is 77.9 Å². The molecule has 0 aliphatic rings. The topological polar surface area (TPSA) is 12.4 Å². The van der Waals surface area contributed by atoms with E-state index in [2.05, 4.69) is 22.4 Å². The molecule has 3 aromatic carbocycles. The van der Waals surface area contributed by atoms with Gasteiger partial charge in [0.05, 0.1) is 16.4 Å². The zero-order valence-corrected chi connectivity index (χ0v) is 13.7. The van der Waals surface area contributed by atoms with Crippen LogP contribution >= 0.6 is 12.2 Å². The zero-order chi connectivity index (χ0) is 17.1. The van der Waals surface area contributed by atoms with Crippen molar-refractivity contribution in [3.63, 3.8) is 0 Å². The number of nitrogens with zero attached hydrogens (tertiary/aromatic N) is 1. The first-order valence-electron chi connectivity index (χ1n) is 7.33. The smallest absolute Gasteiger partial charge is 0.136 e. The van der Waals surface area contributed by atoms with Crippen molar-refractivity contribution in [2.75, 3.05) is 0 Å². The molecular formula is C20H13F2NS. The van der Waals surface area contributed by atoms with Crippen LogP contribution in [-0.2, 0) is 0 Å². The van der Waals surface area contributed by atoms with Crippen molar-refractivity contribution in [1.29, 1.82) is 0 Å². The third-order valence-corrected chi connectivity index (χ3v) is 3.85. The highest BCUT2D eigenvalue weighted by atomic mass is 32.1. The maximum Gasteiger partial charge on any atom is 0.136 e. The minimum Gasteiger partial charge on any atom is -0.206 e. The molecule has 1 nitrogen and oxygen atoms in total. The molecule has 0 spiro atoms. The SMILES string of the molecule is Cc1ccc(-c2ccc(-c3c(F)cc(N=C=S)cc3F)cc2)cc1. The van der Waals surface area contributed by atoms with Gasteiger partial charge in [-0.25, -0.2) is 8.78 Å². The summed E-state index contributed by atoms with van der Waals surface area (Å²) in [5.41, 5.74) is 3.73. The third kappa shape index (κ3) is 3.30. The summed E-state index contributed by atoms with van der Waals surface area (Å²) in [7, 11) is 0. The molecule has 0 radical (unpaired) electrons. The molecule has 0 bridgehead atoms. The van der Waals surface area contributed by atoms with E-state index in [1.165, 1.54) is 5.56 Å². The highest BCUT2D eigenvalue weighted by molar-refractivity contribution is 7.78. The molecule has 0 amide bonds. The minimum atomic E-state index is -0.679. The molecule has 0 N–H and O–H groups in total. The van der Waals surface area contributed by atoms with E-state index < -0.39 is 11.6 Å². The van der Waals surface area contributed by atoms with Crippen molar-refractivity contribution < 1.29 is 8.78 Å². The second kappa shape index (κ2) is 6.83. The summed E-state index contributed by atoms with van der Waals surface area (Å²) >= 11 is 4.45. The Labute approximate surface area is 144 Å². The van der Waals surface area contributed by atoms with Gasteiger partial charge in [-0.05, 0) is 35.8 Å². The van der Waals surface area contributed by atoms with Crippen LogP contribution in [0.2, 0.25) is 0 Å². The first-order valence-corrected chi connectivity index (χ1v) is 7.73. The molecule has 0 unspecified atom stereocenters. The van der Waals surface area contributed by atoms with E-state index >= 15 is 0 Å². The second-order valence-electron chi connectivity index (χ2n) is 5.43. The molecule has 24 heavy (non-hydrogen) atoms. The lowest BCUT2D eigenvalue weighted by Gasteiger charge is -2.08. The van der Waals surface area contributed by atoms with Crippen LogP contribution in [0.15, 0.2) is 65.7 Å². The molecule has 0 heterocycles. The van der Waals surface area contributed by atoms with Crippen LogP contribution in [0.5, 0.6) is 0 Å². The van der Waals surface area contributed by atoms with Gasteiger partial charge in [-0.15, -0.1) is 0 Å².